The molecule has 0 atom stereocenters. The molecule has 4 heterocycles. The van der Waals surface area contributed by atoms with Gasteiger partial charge in [-0.2, -0.15) is 9.97 Å². The number of benzene rings is 6. The standard InChI is InChI=1S/C43H30N6/c1-43(2)33-20-13-19-30(38(33)49-37-23-12-10-21-34(37)44-41(43)49)29-24-25-36-32(26-29)31-18-9-11-22-35(31)48(36)42-46-39(27-14-5-3-6-15-27)45-40(47-42)28-16-7-4-8-17-28/h3-26H,1-2H3. The Morgan fingerprint density at radius 1 is 0.469 bits per heavy atom. The number of fused-ring (bicyclic) bond motifs is 8. The maximum atomic E-state index is 5.12. The largest absolute Gasteiger partial charge is 0.295 e. The van der Waals surface area contributed by atoms with Crippen molar-refractivity contribution < 1.29 is 0 Å². The van der Waals surface area contributed by atoms with Crippen molar-refractivity contribution in [2.45, 2.75) is 19.3 Å². The predicted molar refractivity (Wildman–Crippen MR) is 197 cm³/mol. The number of aromatic nitrogens is 6. The fourth-order valence-corrected chi connectivity index (χ4v) is 7.57. The van der Waals surface area contributed by atoms with Crippen LogP contribution in [0.15, 0.2) is 146 Å². The zero-order valence-corrected chi connectivity index (χ0v) is 27.0. The first-order valence-corrected chi connectivity index (χ1v) is 16.6. The van der Waals surface area contributed by atoms with Crippen LogP contribution in [0.2, 0.25) is 0 Å². The molecule has 9 aromatic rings. The summed E-state index contributed by atoms with van der Waals surface area (Å²) < 4.78 is 4.55. The maximum Gasteiger partial charge on any atom is 0.238 e. The normalized spacial score (nSPS) is 13.3. The molecule has 49 heavy (non-hydrogen) atoms. The lowest BCUT2D eigenvalue weighted by atomic mass is 9.84. The number of hydrogen-bond acceptors (Lipinski definition) is 4. The second-order valence-electron chi connectivity index (χ2n) is 13.2. The first-order valence-electron chi connectivity index (χ1n) is 16.6. The van der Waals surface area contributed by atoms with Crippen molar-refractivity contribution in [3.8, 4) is 45.5 Å². The van der Waals surface area contributed by atoms with Crippen molar-refractivity contribution in [3.63, 3.8) is 0 Å². The van der Waals surface area contributed by atoms with Gasteiger partial charge in [-0.05, 0) is 55.3 Å². The molecule has 10 rings (SSSR count). The fourth-order valence-electron chi connectivity index (χ4n) is 7.57. The summed E-state index contributed by atoms with van der Waals surface area (Å²) in [7, 11) is 0. The molecule has 0 amide bonds. The number of hydrogen-bond donors (Lipinski definition) is 0. The number of nitrogens with zero attached hydrogens (tertiary/aromatic N) is 6. The summed E-state index contributed by atoms with van der Waals surface area (Å²) in [5, 5.41) is 2.28. The molecule has 0 aliphatic carbocycles. The maximum absolute atomic E-state index is 5.12. The molecule has 0 saturated carbocycles. The average molecular weight is 631 g/mol. The van der Waals surface area contributed by atoms with Gasteiger partial charge in [-0.3, -0.25) is 9.13 Å². The first-order chi connectivity index (χ1) is 24.1. The summed E-state index contributed by atoms with van der Waals surface area (Å²) in [6, 6.07) is 50.6. The van der Waals surface area contributed by atoms with Crippen molar-refractivity contribution >= 4 is 32.8 Å². The molecule has 1 aliphatic heterocycles. The van der Waals surface area contributed by atoms with Crippen LogP contribution in [0.25, 0.3) is 78.4 Å². The lowest BCUT2D eigenvalue weighted by molar-refractivity contribution is 0.621. The van der Waals surface area contributed by atoms with Gasteiger partial charge in [-0.25, -0.2) is 9.97 Å². The Morgan fingerprint density at radius 2 is 1.10 bits per heavy atom. The highest BCUT2D eigenvalue weighted by atomic mass is 15.2. The molecule has 0 spiro atoms. The Labute approximate surface area is 283 Å². The quantitative estimate of drug-likeness (QED) is 0.194. The van der Waals surface area contributed by atoms with Crippen molar-refractivity contribution in [1.29, 1.82) is 0 Å². The molecular weight excluding hydrogens is 601 g/mol. The van der Waals surface area contributed by atoms with Gasteiger partial charge in [-0.1, -0.05) is 115 Å². The minimum absolute atomic E-state index is 0.226. The average Bonchev–Trinajstić information content (AvgIpc) is 3.78. The van der Waals surface area contributed by atoms with E-state index in [4.69, 9.17) is 19.9 Å². The number of rotatable bonds is 4. The van der Waals surface area contributed by atoms with Gasteiger partial charge < -0.3 is 0 Å². The molecule has 0 fully saturated rings. The third kappa shape index (κ3) is 4.07. The molecule has 0 unspecified atom stereocenters. The van der Waals surface area contributed by atoms with Gasteiger partial charge in [-0.15, -0.1) is 0 Å². The van der Waals surface area contributed by atoms with Crippen LogP contribution in [0.5, 0.6) is 0 Å². The summed E-state index contributed by atoms with van der Waals surface area (Å²) in [4.78, 5) is 20.2. The summed E-state index contributed by atoms with van der Waals surface area (Å²) in [6.07, 6.45) is 0. The van der Waals surface area contributed by atoms with E-state index in [0.29, 0.717) is 17.6 Å². The number of imidazole rings is 1. The van der Waals surface area contributed by atoms with Crippen LogP contribution in [0.3, 0.4) is 0 Å². The van der Waals surface area contributed by atoms with Gasteiger partial charge in [0, 0.05) is 27.5 Å². The number of para-hydroxylation sites is 4. The van der Waals surface area contributed by atoms with Gasteiger partial charge in [0.05, 0.1) is 33.2 Å². The van der Waals surface area contributed by atoms with Crippen LogP contribution in [-0.4, -0.2) is 29.1 Å². The van der Waals surface area contributed by atoms with Crippen molar-refractivity contribution in [2.24, 2.45) is 0 Å². The summed E-state index contributed by atoms with van der Waals surface area (Å²) >= 11 is 0. The Morgan fingerprint density at radius 3 is 1.84 bits per heavy atom. The lowest BCUT2D eigenvalue weighted by Gasteiger charge is -2.18. The van der Waals surface area contributed by atoms with Crippen LogP contribution < -0.4 is 0 Å². The smallest absolute Gasteiger partial charge is 0.238 e. The molecule has 6 heteroatoms. The van der Waals surface area contributed by atoms with Gasteiger partial charge in [0.1, 0.15) is 5.82 Å². The summed E-state index contributed by atoms with van der Waals surface area (Å²) in [5.41, 5.74) is 10.7. The van der Waals surface area contributed by atoms with E-state index >= 15 is 0 Å². The van der Waals surface area contributed by atoms with E-state index in [9.17, 15) is 0 Å². The second-order valence-corrected chi connectivity index (χ2v) is 13.2. The third-order valence-electron chi connectivity index (χ3n) is 9.92. The van der Waals surface area contributed by atoms with E-state index in [1.54, 1.807) is 0 Å². The fraction of sp³-hybridized carbons (Fsp3) is 0.0698. The zero-order valence-electron chi connectivity index (χ0n) is 27.0. The van der Waals surface area contributed by atoms with E-state index in [-0.39, 0.29) is 5.41 Å². The van der Waals surface area contributed by atoms with Crippen LogP contribution in [0.1, 0.15) is 25.2 Å². The highest BCUT2D eigenvalue weighted by Crippen LogP contribution is 2.48. The summed E-state index contributed by atoms with van der Waals surface area (Å²) in [6.45, 7) is 4.55. The predicted octanol–water partition coefficient (Wildman–Crippen LogP) is 9.95. The van der Waals surface area contributed by atoms with E-state index in [2.05, 4.69) is 108 Å². The van der Waals surface area contributed by atoms with Crippen molar-refractivity contribution in [3.05, 3.63) is 157 Å². The molecule has 6 nitrogen and oxygen atoms in total. The molecule has 0 N–H and O–H groups in total. The highest BCUT2D eigenvalue weighted by molar-refractivity contribution is 6.10. The highest BCUT2D eigenvalue weighted by Gasteiger charge is 2.40. The molecule has 0 radical (unpaired) electrons. The minimum atomic E-state index is -0.226. The van der Waals surface area contributed by atoms with E-state index in [1.165, 1.54) is 16.8 Å². The molecule has 232 valence electrons. The van der Waals surface area contributed by atoms with Gasteiger partial charge in [0.15, 0.2) is 11.6 Å². The second kappa shape index (κ2) is 10.3. The Bertz CT molecular complexity index is 2680. The van der Waals surface area contributed by atoms with Gasteiger partial charge >= 0.3 is 0 Å². The zero-order chi connectivity index (χ0) is 32.7. The molecule has 0 bridgehead atoms. The van der Waals surface area contributed by atoms with Gasteiger partial charge in [0.25, 0.3) is 0 Å². The molecular formula is C43H30N6. The van der Waals surface area contributed by atoms with Crippen molar-refractivity contribution in [2.75, 3.05) is 0 Å². The Balaban J connectivity index is 1.22. The SMILES string of the molecule is CC1(C)c2cccc(-c3ccc4c(c3)c3ccccc3n4-c3nc(-c4ccccc4)nc(-c4ccccc4)n3)c2-n2c1nc1ccccc12. The lowest BCUT2D eigenvalue weighted by Crippen LogP contribution is -2.16. The first kappa shape index (κ1) is 27.7. The van der Waals surface area contributed by atoms with Crippen LogP contribution in [-0.2, 0) is 5.41 Å². The molecule has 6 aromatic carbocycles. The Hall–Kier alpha value is -6.40. The Kier molecular flexibility index (Phi) is 5.82. The van der Waals surface area contributed by atoms with Crippen molar-refractivity contribution in [1.82, 2.24) is 29.1 Å². The molecule has 0 saturated heterocycles. The van der Waals surface area contributed by atoms with Crippen LogP contribution in [0, 0.1) is 0 Å². The summed E-state index contributed by atoms with van der Waals surface area (Å²) in [5.74, 6) is 2.94. The molecule has 1 aliphatic rings. The van der Waals surface area contributed by atoms with Crippen LogP contribution >= 0.6 is 0 Å². The minimum Gasteiger partial charge on any atom is -0.295 e. The van der Waals surface area contributed by atoms with E-state index < -0.39 is 0 Å². The van der Waals surface area contributed by atoms with E-state index in [0.717, 1.165) is 55.4 Å². The third-order valence-corrected chi connectivity index (χ3v) is 9.92. The van der Waals surface area contributed by atoms with E-state index in [1.807, 2.05) is 60.7 Å². The molecule has 3 aromatic heterocycles. The van der Waals surface area contributed by atoms with Gasteiger partial charge in [0.2, 0.25) is 5.95 Å². The van der Waals surface area contributed by atoms with Crippen LogP contribution in [0.4, 0.5) is 0 Å². The topological polar surface area (TPSA) is 61.4 Å². The monoisotopic (exact) mass is 630 g/mol.